The predicted molar refractivity (Wildman–Crippen MR) is 131 cm³/mol. The van der Waals surface area contributed by atoms with Crippen LogP contribution < -0.4 is 0 Å². The van der Waals surface area contributed by atoms with E-state index in [-0.39, 0.29) is 6.42 Å². The molecular formula is C28H25ClO3. The van der Waals surface area contributed by atoms with Gasteiger partial charge in [-0.25, -0.2) is 0 Å². The summed E-state index contributed by atoms with van der Waals surface area (Å²) < 4.78 is 0. The van der Waals surface area contributed by atoms with Crippen LogP contribution in [0.25, 0.3) is 17.2 Å². The van der Waals surface area contributed by atoms with E-state index in [1.807, 2.05) is 37.3 Å². The first-order chi connectivity index (χ1) is 15.4. The van der Waals surface area contributed by atoms with Gasteiger partial charge in [-0.1, -0.05) is 54.1 Å². The number of rotatable bonds is 7. The Bertz CT molecular complexity index is 1200. The maximum absolute atomic E-state index is 11.4. The van der Waals surface area contributed by atoms with Crippen LogP contribution in [0.4, 0.5) is 0 Å². The van der Waals surface area contributed by atoms with Gasteiger partial charge in [-0.3, -0.25) is 4.79 Å². The van der Waals surface area contributed by atoms with E-state index in [4.69, 9.17) is 11.6 Å². The molecule has 162 valence electrons. The molecule has 0 aliphatic heterocycles. The first-order valence-electron chi connectivity index (χ1n) is 10.7. The highest BCUT2D eigenvalue weighted by molar-refractivity contribution is 6.31. The van der Waals surface area contributed by atoms with E-state index >= 15 is 0 Å². The standard InChI is InChI=1S/C28H25ClO3/c1-18-25(24-14-11-22(29)16-27(24)26(18)17-28(31)32)15-21-7-5-19(6-8-21)3-2-4-20-9-12-23(30)13-10-20/h5-16,30H,2-4,17H2,1H3,(H,31,32)/b25-15-. The summed E-state index contributed by atoms with van der Waals surface area (Å²) in [6, 6.07) is 21.6. The summed E-state index contributed by atoms with van der Waals surface area (Å²) in [7, 11) is 0. The molecule has 0 fully saturated rings. The lowest BCUT2D eigenvalue weighted by atomic mass is 9.99. The Morgan fingerprint density at radius 3 is 2.16 bits per heavy atom. The highest BCUT2D eigenvalue weighted by Gasteiger charge is 2.25. The first kappa shape index (κ1) is 21.9. The number of halogens is 1. The van der Waals surface area contributed by atoms with Crippen LogP contribution in [0.5, 0.6) is 5.75 Å². The third kappa shape index (κ3) is 4.95. The molecule has 0 atom stereocenters. The first-order valence-corrected chi connectivity index (χ1v) is 11.1. The number of carbonyl (C=O) groups is 1. The molecule has 3 aromatic carbocycles. The van der Waals surface area contributed by atoms with Crippen molar-refractivity contribution >= 4 is 34.8 Å². The molecule has 0 bridgehead atoms. The van der Waals surface area contributed by atoms with Gasteiger partial charge in [0.05, 0.1) is 6.42 Å². The second kappa shape index (κ2) is 9.46. The van der Waals surface area contributed by atoms with E-state index in [1.165, 1.54) is 11.1 Å². The van der Waals surface area contributed by atoms with Crippen LogP contribution in [0.3, 0.4) is 0 Å². The third-order valence-electron chi connectivity index (χ3n) is 5.94. The van der Waals surface area contributed by atoms with Crippen molar-refractivity contribution in [2.24, 2.45) is 0 Å². The summed E-state index contributed by atoms with van der Waals surface area (Å²) in [5.74, 6) is -0.546. The van der Waals surface area contributed by atoms with Crippen LogP contribution in [0.2, 0.25) is 5.02 Å². The summed E-state index contributed by atoms with van der Waals surface area (Å²) in [6.07, 6.45) is 5.11. The largest absolute Gasteiger partial charge is 0.508 e. The number of phenolic OH excluding ortho intramolecular Hbond substituents is 1. The number of allylic oxidation sites excluding steroid dienone is 2. The molecule has 3 nitrogen and oxygen atoms in total. The molecule has 0 aromatic heterocycles. The molecule has 3 aromatic rings. The molecule has 0 unspecified atom stereocenters. The molecule has 0 saturated heterocycles. The van der Waals surface area contributed by atoms with Crippen molar-refractivity contribution in [1.82, 2.24) is 0 Å². The number of phenols is 1. The Labute approximate surface area is 193 Å². The lowest BCUT2D eigenvalue weighted by molar-refractivity contribution is -0.135. The molecule has 1 aliphatic rings. The number of benzene rings is 3. The van der Waals surface area contributed by atoms with Gasteiger partial charge >= 0.3 is 5.97 Å². The van der Waals surface area contributed by atoms with E-state index in [9.17, 15) is 15.0 Å². The number of fused-ring (bicyclic) bond motifs is 1. The van der Waals surface area contributed by atoms with Gasteiger partial charge < -0.3 is 10.2 Å². The maximum Gasteiger partial charge on any atom is 0.307 e. The molecule has 2 N–H and O–H groups in total. The van der Waals surface area contributed by atoms with Crippen LogP contribution in [0.15, 0.2) is 72.3 Å². The number of aryl methyl sites for hydroxylation is 2. The van der Waals surface area contributed by atoms with Crippen molar-refractivity contribution in [3.05, 3.63) is 105 Å². The third-order valence-corrected chi connectivity index (χ3v) is 6.17. The monoisotopic (exact) mass is 444 g/mol. The second-order valence-corrected chi connectivity index (χ2v) is 8.62. The van der Waals surface area contributed by atoms with Gasteiger partial charge in [0.15, 0.2) is 0 Å². The van der Waals surface area contributed by atoms with Crippen molar-refractivity contribution in [1.29, 1.82) is 0 Å². The number of hydrogen-bond acceptors (Lipinski definition) is 2. The quantitative estimate of drug-likeness (QED) is 0.411. The van der Waals surface area contributed by atoms with E-state index in [0.29, 0.717) is 10.8 Å². The molecule has 0 heterocycles. The summed E-state index contributed by atoms with van der Waals surface area (Å²) in [4.78, 5) is 11.4. The second-order valence-electron chi connectivity index (χ2n) is 8.18. The number of carboxylic acids is 1. The van der Waals surface area contributed by atoms with E-state index in [1.54, 1.807) is 12.1 Å². The maximum atomic E-state index is 11.4. The van der Waals surface area contributed by atoms with Crippen molar-refractivity contribution in [3.8, 4) is 5.75 Å². The van der Waals surface area contributed by atoms with Crippen LogP contribution >= 0.6 is 11.6 Å². The number of aromatic hydroxyl groups is 1. The normalized spacial score (nSPS) is 14.1. The zero-order valence-electron chi connectivity index (χ0n) is 17.9. The van der Waals surface area contributed by atoms with Crippen LogP contribution in [0, 0.1) is 0 Å². The van der Waals surface area contributed by atoms with Crippen LogP contribution in [-0.2, 0) is 17.6 Å². The van der Waals surface area contributed by atoms with E-state index in [0.717, 1.165) is 52.7 Å². The number of hydrogen-bond donors (Lipinski definition) is 2. The van der Waals surface area contributed by atoms with Gasteiger partial charge in [0.2, 0.25) is 0 Å². The lowest BCUT2D eigenvalue weighted by Gasteiger charge is -2.06. The molecule has 32 heavy (non-hydrogen) atoms. The van der Waals surface area contributed by atoms with Gasteiger partial charge in [-0.15, -0.1) is 0 Å². The van der Waals surface area contributed by atoms with Crippen molar-refractivity contribution < 1.29 is 15.0 Å². The molecular weight excluding hydrogens is 420 g/mol. The highest BCUT2D eigenvalue weighted by atomic mass is 35.5. The molecule has 0 amide bonds. The fourth-order valence-electron chi connectivity index (χ4n) is 4.24. The smallest absolute Gasteiger partial charge is 0.307 e. The molecule has 0 spiro atoms. The van der Waals surface area contributed by atoms with Gasteiger partial charge in [-0.2, -0.15) is 0 Å². The molecule has 0 radical (unpaired) electrons. The Balaban J connectivity index is 1.50. The van der Waals surface area contributed by atoms with Crippen molar-refractivity contribution in [2.75, 3.05) is 0 Å². The fourth-order valence-corrected chi connectivity index (χ4v) is 4.41. The molecule has 1 aliphatic carbocycles. The van der Waals surface area contributed by atoms with Crippen molar-refractivity contribution in [3.63, 3.8) is 0 Å². The molecule has 4 rings (SSSR count). The minimum atomic E-state index is -0.844. The predicted octanol–water partition coefficient (Wildman–Crippen LogP) is 7.02. The van der Waals surface area contributed by atoms with Gasteiger partial charge in [0.1, 0.15) is 5.75 Å². The topological polar surface area (TPSA) is 57.5 Å². The highest BCUT2D eigenvalue weighted by Crippen LogP contribution is 2.44. The summed E-state index contributed by atoms with van der Waals surface area (Å²) >= 11 is 6.19. The SMILES string of the molecule is CC1=C(CC(=O)O)c2cc(Cl)ccc2/C1=C\c1ccc(CCCc2ccc(O)cc2)cc1. The van der Waals surface area contributed by atoms with Crippen LogP contribution in [0.1, 0.15) is 47.6 Å². The fraction of sp³-hybridized carbons (Fsp3) is 0.179. The Kier molecular flexibility index (Phi) is 6.48. The minimum Gasteiger partial charge on any atom is -0.508 e. The van der Waals surface area contributed by atoms with Gasteiger partial charge in [0.25, 0.3) is 0 Å². The number of carboxylic acid groups (broad SMARTS) is 1. The minimum absolute atomic E-state index is 0.0174. The Hall–Kier alpha value is -3.30. The van der Waals surface area contributed by atoms with Gasteiger partial charge in [0, 0.05) is 5.02 Å². The summed E-state index contributed by atoms with van der Waals surface area (Å²) in [5.41, 5.74) is 8.39. The van der Waals surface area contributed by atoms with E-state index in [2.05, 4.69) is 30.3 Å². The molecule has 0 saturated carbocycles. The Morgan fingerprint density at radius 1 is 0.906 bits per heavy atom. The number of aliphatic carboxylic acids is 1. The summed E-state index contributed by atoms with van der Waals surface area (Å²) in [6.45, 7) is 1.98. The van der Waals surface area contributed by atoms with E-state index < -0.39 is 5.97 Å². The van der Waals surface area contributed by atoms with Crippen LogP contribution in [-0.4, -0.2) is 16.2 Å². The zero-order valence-corrected chi connectivity index (χ0v) is 18.7. The molecule has 4 heteroatoms. The Morgan fingerprint density at radius 2 is 1.53 bits per heavy atom. The zero-order chi connectivity index (χ0) is 22.7. The summed E-state index contributed by atoms with van der Waals surface area (Å²) in [5, 5.41) is 19.3. The average molecular weight is 445 g/mol. The average Bonchev–Trinajstić information content (AvgIpc) is 3.01. The van der Waals surface area contributed by atoms with Gasteiger partial charge in [-0.05, 0) is 101 Å². The lowest BCUT2D eigenvalue weighted by Crippen LogP contribution is -1.96. The van der Waals surface area contributed by atoms with Crippen molar-refractivity contribution in [2.45, 2.75) is 32.6 Å².